The van der Waals surface area contributed by atoms with Gasteiger partial charge in [-0.15, -0.1) is 11.3 Å². The Balaban J connectivity index is 1.85. The van der Waals surface area contributed by atoms with Crippen LogP contribution in [-0.2, 0) is 6.54 Å². The molecule has 1 heterocycles. The highest BCUT2D eigenvalue weighted by Gasteiger charge is 2.11. The second kappa shape index (κ2) is 8.59. The normalized spacial score (nSPS) is 11.6. The van der Waals surface area contributed by atoms with Crippen molar-refractivity contribution >= 4 is 33.0 Å². The zero-order valence-corrected chi connectivity index (χ0v) is 17.8. The quantitative estimate of drug-likeness (QED) is 0.351. The van der Waals surface area contributed by atoms with Gasteiger partial charge in [-0.1, -0.05) is 48.5 Å². The minimum atomic E-state index is 0.759. The van der Waals surface area contributed by atoms with Crippen LogP contribution >= 0.6 is 27.3 Å². The fourth-order valence-corrected chi connectivity index (χ4v) is 4.48. The Morgan fingerprint density at radius 1 is 0.964 bits per heavy atom. The van der Waals surface area contributed by atoms with Gasteiger partial charge >= 0.3 is 0 Å². The molecule has 0 N–H and O–H groups in total. The van der Waals surface area contributed by atoms with Crippen molar-refractivity contribution in [3.63, 3.8) is 0 Å². The van der Waals surface area contributed by atoms with Crippen molar-refractivity contribution in [3.05, 3.63) is 99.1 Å². The van der Waals surface area contributed by atoms with Gasteiger partial charge < -0.3 is 9.30 Å². The maximum Gasteiger partial charge on any atom is 0.190 e. The number of hydrogen-bond acceptors (Lipinski definition) is 3. The molecule has 3 aromatic carbocycles. The van der Waals surface area contributed by atoms with E-state index in [2.05, 4.69) is 62.3 Å². The van der Waals surface area contributed by atoms with Crippen LogP contribution in [-0.4, -0.2) is 11.7 Å². The van der Waals surface area contributed by atoms with Crippen molar-refractivity contribution in [2.45, 2.75) is 6.54 Å². The number of nitrogens with zero attached hydrogens (tertiary/aromatic N) is 2. The standard InChI is InChI=1S/C23H19BrN2OS/c1-27-22-13-12-18(14-20(22)24)21-16-28-23(25-19-10-6-3-7-11-19)26(21)15-17-8-4-2-5-9-17/h2-14,16H,15H2,1H3. The molecule has 5 heteroatoms. The molecule has 4 rings (SSSR count). The molecule has 0 saturated carbocycles. The Bertz CT molecular complexity index is 1130. The summed E-state index contributed by atoms with van der Waals surface area (Å²) in [4.78, 5) is 5.85. The van der Waals surface area contributed by atoms with Crippen LogP contribution in [0.5, 0.6) is 5.75 Å². The summed E-state index contributed by atoms with van der Waals surface area (Å²) in [6.07, 6.45) is 0. The number of halogens is 1. The van der Waals surface area contributed by atoms with E-state index in [0.29, 0.717) is 0 Å². The molecule has 0 bridgehead atoms. The fourth-order valence-electron chi connectivity index (χ4n) is 3.01. The summed E-state index contributed by atoms with van der Waals surface area (Å²) in [7, 11) is 1.68. The largest absolute Gasteiger partial charge is 0.496 e. The van der Waals surface area contributed by atoms with Crippen molar-refractivity contribution in [3.8, 4) is 17.0 Å². The van der Waals surface area contributed by atoms with Crippen LogP contribution < -0.4 is 9.54 Å². The highest BCUT2D eigenvalue weighted by atomic mass is 79.9. The van der Waals surface area contributed by atoms with Gasteiger partial charge in [-0.2, -0.15) is 0 Å². The first-order valence-corrected chi connectivity index (χ1v) is 10.6. The number of benzene rings is 3. The smallest absolute Gasteiger partial charge is 0.190 e. The highest BCUT2D eigenvalue weighted by Crippen LogP contribution is 2.31. The predicted molar refractivity (Wildman–Crippen MR) is 119 cm³/mol. The molecule has 1 aromatic heterocycles. The molecular formula is C23H19BrN2OS. The van der Waals surface area contributed by atoms with Gasteiger partial charge in [-0.25, -0.2) is 4.99 Å². The zero-order valence-electron chi connectivity index (χ0n) is 15.4. The summed E-state index contributed by atoms with van der Waals surface area (Å²) in [6, 6.07) is 26.7. The second-order valence-electron chi connectivity index (χ2n) is 6.27. The third-order valence-corrected chi connectivity index (χ3v) is 5.89. The molecule has 140 valence electrons. The van der Waals surface area contributed by atoms with Crippen LogP contribution in [0.3, 0.4) is 0 Å². The number of aromatic nitrogens is 1. The second-order valence-corrected chi connectivity index (χ2v) is 7.96. The van der Waals surface area contributed by atoms with Crippen molar-refractivity contribution in [1.82, 2.24) is 4.57 Å². The Morgan fingerprint density at radius 3 is 2.36 bits per heavy atom. The first kappa shape index (κ1) is 18.7. The Labute approximate surface area is 176 Å². The molecular weight excluding hydrogens is 432 g/mol. The van der Waals surface area contributed by atoms with Crippen LogP contribution in [0.4, 0.5) is 5.69 Å². The average molecular weight is 451 g/mol. The molecule has 0 aliphatic carbocycles. The van der Waals surface area contributed by atoms with Gasteiger partial charge in [0.25, 0.3) is 0 Å². The summed E-state index contributed by atoms with van der Waals surface area (Å²) in [5.74, 6) is 0.822. The molecule has 4 aromatic rings. The third-order valence-electron chi connectivity index (χ3n) is 4.41. The van der Waals surface area contributed by atoms with E-state index in [-0.39, 0.29) is 0 Å². The van der Waals surface area contributed by atoms with Gasteiger partial charge in [0.2, 0.25) is 0 Å². The molecule has 0 radical (unpaired) electrons. The van der Waals surface area contributed by atoms with Gasteiger partial charge in [-0.05, 0) is 51.8 Å². The van der Waals surface area contributed by atoms with E-state index in [4.69, 9.17) is 9.73 Å². The van der Waals surface area contributed by atoms with Crippen molar-refractivity contribution in [2.24, 2.45) is 4.99 Å². The van der Waals surface area contributed by atoms with Crippen LogP contribution in [0.25, 0.3) is 11.3 Å². The molecule has 0 spiro atoms. The lowest BCUT2D eigenvalue weighted by molar-refractivity contribution is 0.412. The topological polar surface area (TPSA) is 26.5 Å². The lowest BCUT2D eigenvalue weighted by Crippen LogP contribution is -2.16. The SMILES string of the molecule is COc1ccc(-c2csc(=Nc3ccccc3)n2Cc2ccccc2)cc1Br. The first-order chi connectivity index (χ1) is 13.7. The molecule has 0 saturated heterocycles. The molecule has 0 aliphatic rings. The van der Waals surface area contributed by atoms with Crippen molar-refractivity contribution < 1.29 is 4.74 Å². The lowest BCUT2D eigenvalue weighted by atomic mass is 10.1. The summed E-state index contributed by atoms with van der Waals surface area (Å²) >= 11 is 5.25. The van der Waals surface area contributed by atoms with Gasteiger partial charge in [-0.3, -0.25) is 0 Å². The van der Waals surface area contributed by atoms with Crippen molar-refractivity contribution in [2.75, 3.05) is 7.11 Å². The molecule has 0 atom stereocenters. The highest BCUT2D eigenvalue weighted by molar-refractivity contribution is 9.10. The minimum Gasteiger partial charge on any atom is -0.496 e. The monoisotopic (exact) mass is 450 g/mol. The number of methoxy groups -OCH3 is 1. The maximum absolute atomic E-state index is 5.38. The zero-order chi connectivity index (χ0) is 19.3. The van der Waals surface area contributed by atoms with Gasteiger partial charge in [0, 0.05) is 10.9 Å². The fraction of sp³-hybridized carbons (Fsp3) is 0.0870. The van der Waals surface area contributed by atoms with Crippen LogP contribution in [0, 0.1) is 0 Å². The Kier molecular flexibility index (Phi) is 5.74. The van der Waals surface area contributed by atoms with E-state index in [0.717, 1.165) is 38.5 Å². The van der Waals surface area contributed by atoms with Gasteiger partial charge in [0.05, 0.1) is 29.5 Å². The van der Waals surface area contributed by atoms with Gasteiger partial charge in [0.1, 0.15) is 5.75 Å². The number of hydrogen-bond donors (Lipinski definition) is 0. The molecule has 3 nitrogen and oxygen atoms in total. The first-order valence-electron chi connectivity index (χ1n) is 8.90. The molecule has 0 amide bonds. The Morgan fingerprint density at radius 2 is 1.68 bits per heavy atom. The van der Waals surface area contributed by atoms with E-state index < -0.39 is 0 Å². The van der Waals surface area contributed by atoms with E-state index in [9.17, 15) is 0 Å². The Hall–Kier alpha value is -2.63. The van der Waals surface area contributed by atoms with Crippen LogP contribution in [0.2, 0.25) is 0 Å². The van der Waals surface area contributed by atoms with E-state index in [1.807, 2.05) is 42.5 Å². The van der Waals surface area contributed by atoms with Crippen LogP contribution in [0.1, 0.15) is 5.56 Å². The van der Waals surface area contributed by atoms with Gasteiger partial charge in [0.15, 0.2) is 4.80 Å². The summed E-state index contributed by atoms with van der Waals surface area (Å²) < 4.78 is 8.58. The summed E-state index contributed by atoms with van der Waals surface area (Å²) in [6.45, 7) is 0.759. The number of thiazole rings is 1. The minimum absolute atomic E-state index is 0.759. The van der Waals surface area contributed by atoms with E-state index in [1.165, 1.54) is 5.56 Å². The molecule has 0 unspecified atom stereocenters. The predicted octanol–water partition coefficient (Wildman–Crippen LogP) is 6.27. The van der Waals surface area contributed by atoms with E-state index >= 15 is 0 Å². The number of ether oxygens (including phenoxy) is 1. The lowest BCUT2D eigenvalue weighted by Gasteiger charge is -2.11. The van der Waals surface area contributed by atoms with Crippen molar-refractivity contribution in [1.29, 1.82) is 0 Å². The third kappa shape index (κ3) is 4.11. The molecule has 0 fully saturated rings. The molecule has 28 heavy (non-hydrogen) atoms. The summed E-state index contributed by atoms with van der Waals surface area (Å²) in [5, 5.41) is 2.17. The van der Waals surface area contributed by atoms with Crippen LogP contribution in [0.15, 0.2) is 93.7 Å². The number of rotatable bonds is 5. The average Bonchev–Trinajstić information content (AvgIpc) is 3.11. The van der Waals surface area contributed by atoms with E-state index in [1.54, 1.807) is 18.4 Å². The molecule has 0 aliphatic heterocycles. The maximum atomic E-state index is 5.38. The summed E-state index contributed by atoms with van der Waals surface area (Å²) in [5.41, 5.74) is 4.44. The number of para-hydroxylation sites is 1.